The van der Waals surface area contributed by atoms with E-state index in [4.69, 9.17) is 21.9 Å². The average molecular weight is 334 g/mol. The Balaban J connectivity index is 1.74. The maximum Gasteiger partial charge on any atom is 0.276 e. The molecule has 1 aliphatic rings. The molecule has 1 fully saturated rings. The maximum absolute atomic E-state index is 12.6. The number of piperidine rings is 1. The Labute approximate surface area is 140 Å². The Kier molecular flexibility index (Phi) is 4.68. The van der Waals surface area contributed by atoms with Gasteiger partial charge in [-0.1, -0.05) is 16.8 Å². The zero-order valence-electron chi connectivity index (χ0n) is 13.0. The lowest BCUT2D eigenvalue weighted by atomic mass is 9.92. The Morgan fingerprint density at radius 3 is 2.87 bits per heavy atom. The van der Waals surface area contributed by atoms with Crippen LogP contribution < -0.4 is 5.73 Å². The molecule has 0 saturated carbocycles. The van der Waals surface area contributed by atoms with Gasteiger partial charge in [-0.2, -0.15) is 0 Å². The summed E-state index contributed by atoms with van der Waals surface area (Å²) < 4.78 is 5.31. The van der Waals surface area contributed by atoms with E-state index in [0.29, 0.717) is 28.9 Å². The number of likely N-dealkylation sites (tertiary alicyclic amines) is 1. The van der Waals surface area contributed by atoms with Crippen LogP contribution in [0.5, 0.6) is 0 Å². The topological polar surface area (TPSA) is 72.4 Å². The minimum absolute atomic E-state index is 0.0903. The molecule has 3 rings (SSSR count). The molecule has 0 aliphatic carbocycles. The molecule has 5 nitrogen and oxygen atoms in total. The number of hydrogen-bond acceptors (Lipinski definition) is 4. The van der Waals surface area contributed by atoms with Gasteiger partial charge < -0.3 is 15.2 Å². The number of carbonyl (C=O) groups is 1. The number of nitrogens with zero attached hydrogens (tertiary/aromatic N) is 2. The first-order valence-electron chi connectivity index (χ1n) is 7.82. The van der Waals surface area contributed by atoms with Gasteiger partial charge in [-0.05, 0) is 49.9 Å². The van der Waals surface area contributed by atoms with Gasteiger partial charge in [-0.15, -0.1) is 0 Å². The van der Waals surface area contributed by atoms with Crippen LogP contribution in [0.1, 0.15) is 30.3 Å². The number of benzene rings is 1. The van der Waals surface area contributed by atoms with E-state index in [0.717, 1.165) is 24.9 Å². The van der Waals surface area contributed by atoms with Gasteiger partial charge in [0.15, 0.2) is 11.5 Å². The van der Waals surface area contributed by atoms with Crippen LogP contribution in [-0.4, -0.2) is 35.1 Å². The molecule has 6 heteroatoms. The lowest BCUT2D eigenvalue weighted by Crippen LogP contribution is -2.45. The zero-order valence-corrected chi connectivity index (χ0v) is 13.8. The second-order valence-corrected chi connectivity index (χ2v) is 6.53. The van der Waals surface area contributed by atoms with Crippen LogP contribution in [0.25, 0.3) is 11.3 Å². The van der Waals surface area contributed by atoms with Crippen molar-refractivity contribution in [3.63, 3.8) is 0 Å². The number of rotatable bonds is 3. The van der Waals surface area contributed by atoms with E-state index < -0.39 is 0 Å². The van der Waals surface area contributed by atoms with Crippen LogP contribution in [0.2, 0.25) is 5.02 Å². The summed E-state index contributed by atoms with van der Waals surface area (Å²) in [5.74, 6) is 0.806. The smallest absolute Gasteiger partial charge is 0.276 e. The molecule has 2 aromatic rings. The first kappa shape index (κ1) is 16.0. The van der Waals surface area contributed by atoms with E-state index in [9.17, 15) is 4.79 Å². The predicted molar refractivity (Wildman–Crippen MR) is 89.2 cm³/mol. The van der Waals surface area contributed by atoms with Crippen molar-refractivity contribution in [2.24, 2.45) is 11.7 Å². The zero-order chi connectivity index (χ0) is 16.4. The molecule has 0 spiro atoms. The van der Waals surface area contributed by atoms with Crippen LogP contribution >= 0.6 is 11.6 Å². The van der Waals surface area contributed by atoms with Crippen molar-refractivity contribution in [3.05, 3.63) is 41.0 Å². The lowest BCUT2D eigenvalue weighted by molar-refractivity contribution is 0.0650. The summed E-state index contributed by atoms with van der Waals surface area (Å²) in [5.41, 5.74) is 7.15. The van der Waals surface area contributed by atoms with E-state index in [1.165, 1.54) is 0 Å². The fourth-order valence-corrected chi connectivity index (χ4v) is 3.04. The van der Waals surface area contributed by atoms with Gasteiger partial charge in [-0.3, -0.25) is 4.79 Å². The lowest BCUT2D eigenvalue weighted by Gasteiger charge is -2.34. The summed E-state index contributed by atoms with van der Waals surface area (Å²) in [6.07, 6.45) is 2.04. The van der Waals surface area contributed by atoms with E-state index in [1.54, 1.807) is 18.2 Å². The van der Waals surface area contributed by atoms with Gasteiger partial charge in [0.2, 0.25) is 0 Å². The second kappa shape index (κ2) is 6.72. The van der Waals surface area contributed by atoms with Crippen LogP contribution in [0.3, 0.4) is 0 Å². The molecule has 1 aromatic carbocycles. The highest BCUT2D eigenvalue weighted by Crippen LogP contribution is 2.24. The SMILES string of the molecule is CC(N)C1CCCN(C(=O)c2cc(-c3ccc(Cl)cc3)on2)C1. The summed E-state index contributed by atoms with van der Waals surface area (Å²) in [4.78, 5) is 14.4. The number of aromatic nitrogens is 1. The monoisotopic (exact) mass is 333 g/mol. The Bertz CT molecular complexity index is 681. The molecule has 2 atom stereocenters. The molecule has 1 amide bonds. The molecular weight excluding hydrogens is 314 g/mol. The largest absolute Gasteiger partial charge is 0.355 e. The van der Waals surface area contributed by atoms with E-state index in [-0.39, 0.29) is 11.9 Å². The summed E-state index contributed by atoms with van der Waals surface area (Å²) in [5, 5.41) is 4.58. The van der Waals surface area contributed by atoms with Crippen LogP contribution in [0, 0.1) is 5.92 Å². The summed E-state index contributed by atoms with van der Waals surface area (Å²) in [6, 6.07) is 9.00. The quantitative estimate of drug-likeness (QED) is 0.936. The predicted octanol–water partition coefficient (Wildman–Crippen LogP) is 3.19. The third-order valence-electron chi connectivity index (χ3n) is 4.35. The molecule has 2 N–H and O–H groups in total. The van der Waals surface area contributed by atoms with Gasteiger partial charge in [-0.25, -0.2) is 0 Å². The molecule has 1 aromatic heterocycles. The summed E-state index contributed by atoms with van der Waals surface area (Å²) >= 11 is 5.88. The van der Waals surface area contributed by atoms with Gasteiger partial charge in [0.1, 0.15) is 0 Å². The molecule has 2 unspecified atom stereocenters. The third kappa shape index (κ3) is 3.57. The van der Waals surface area contributed by atoms with Crippen molar-refractivity contribution in [3.8, 4) is 11.3 Å². The van der Waals surface area contributed by atoms with Crippen molar-refractivity contribution >= 4 is 17.5 Å². The van der Waals surface area contributed by atoms with E-state index >= 15 is 0 Å². The number of nitrogens with two attached hydrogens (primary N) is 1. The highest BCUT2D eigenvalue weighted by molar-refractivity contribution is 6.30. The number of halogens is 1. The van der Waals surface area contributed by atoms with Crippen LogP contribution in [0.15, 0.2) is 34.9 Å². The Morgan fingerprint density at radius 1 is 1.43 bits per heavy atom. The fraction of sp³-hybridized carbons (Fsp3) is 0.412. The first-order chi connectivity index (χ1) is 11.0. The standard InChI is InChI=1S/C17H20ClN3O2/c1-11(19)13-3-2-8-21(10-13)17(22)15-9-16(23-20-15)12-4-6-14(18)7-5-12/h4-7,9,11,13H,2-3,8,10,19H2,1H3. The van der Waals surface area contributed by atoms with Crippen molar-refractivity contribution in [1.82, 2.24) is 10.1 Å². The van der Waals surface area contributed by atoms with Gasteiger partial charge >= 0.3 is 0 Å². The fourth-order valence-electron chi connectivity index (χ4n) is 2.91. The van der Waals surface area contributed by atoms with Crippen molar-refractivity contribution < 1.29 is 9.32 Å². The Hall–Kier alpha value is -1.85. The molecule has 122 valence electrons. The molecule has 0 bridgehead atoms. The number of amides is 1. The average Bonchev–Trinajstić information content (AvgIpc) is 3.05. The molecule has 1 aliphatic heterocycles. The van der Waals surface area contributed by atoms with Crippen molar-refractivity contribution in [2.75, 3.05) is 13.1 Å². The van der Waals surface area contributed by atoms with E-state index in [1.807, 2.05) is 24.0 Å². The van der Waals surface area contributed by atoms with Crippen molar-refractivity contribution in [1.29, 1.82) is 0 Å². The minimum atomic E-state index is -0.0979. The molecule has 0 radical (unpaired) electrons. The van der Waals surface area contributed by atoms with Crippen molar-refractivity contribution in [2.45, 2.75) is 25.8 Å². The van der Waals surface area contributed by atoms with E-state index in [2.05, 4.69) is 5.16 Å². The molecule has 2 heterocycles. The summed E-state index contributed by atoms with van der Waals surface area (Å²) in [6.45, 7) is 3.41. The third-order valence-corrected chi connectivity index (χ3v) is 4.60. The van der Waals surface area contributed by atoms with Gasteiger partial charge in [0, 0.05) is 35.8 Å². The molecular formula is C17H20ClN3O2. The maximum atomic E-state index is 12.6. The molecule has 1 saturated heterocycles. The Morgan fingerprint density at radius 2 is 2.17 bits per heavy atom. The highest BCUT2D eigenvalue weighted by atomic mass is 35.5. The van der Waals surface area contributed by atoms with Crippen LogP contribution in [-0.2, 0) is 0 Å². The number of carbonyl (C=O) groups excluding carboxylic acids is 1. The highest BCUT2D eigenvalue weighted by Gasteiger charge is 2.28. The van der Waals surface area contributed by atoms with Gasteiger partial charge in [0.05, 0.1) is 0 Å². The number of hydrogen-bond donors (Lipinski definition) is 1. The normalized spacial score (nSPS) is 19.6. The first-order valence-corrected chi connectivity index (χ1v) is 8.20. The minimum Gasteiger partial charge on any atom is -0.355 e. The second-order valence-electron chi connectivity index (χ2n) is 6.10. The van der Waals surface area contributed by atoms with Gasteiger partial charge in [0.25, 0.3) is 5.91 Å². The summed E-state index contributed by atoms with van der Waals surface area (Å²) in [7, 11) is 0. The molecule has 23 heavy (non-hydrogen) atoms. The van der Waals surface area contributed by atoms with Crippen LogP contribution in [0.4, 0.5) is 0 Å².